The molecular formula is C25H24ClF2N5O2S. The molecule has 4 aromatic rings. The van der Waals surface area contributed by atoms with Crippen LogP contribution >= 0.6 is 11.6 Å². The SMILES string of the molecule is CCn1nnc(CN(c2ccc(Cl)cc2Cc2c(F)cccc2F)S(=O)(=O)c2cc(C)cc(C)c2)n1. The summed E-state index contributed by atoms with van der Waals surface area (Å²) in [4.78, 5) is 1.41. The van der Waals surface area contributed by atoms with Crippen molar-refractivity contribution in [3.63, 3.8) is 0 Å². The topological polar surface area (TPSA) is 81.0 Å². The molecule has 7 nitrogen and oxygen atoms in total. The lowest BCUT2D eigenvalue weighted by Crippen LogP contribution is -2.32. The lowest BCUT2D eigenvalue weighted by molar-refractivity contribution is 0.550. The first-order chi connectivity index (χ1) is 17.1. The molecule has 0 radical (unpaired) electrons. The Morgan fingerprint density at radius 1 is 1.00 bits per heavy atom. The Labute approximate surface area is 213 Å². The smallest absolute Gasteiger partial charge is 0.258 e. The number of tetrazole rings is 1. The Morgan fingerprint density at radius 3 is 2.28 bits per heavy atom. The molecule has 1 heterocycles. The number of benzene rings is 3. The summed E-state index contributed by atoms with van der Waals surface area (Å²) in [7, 11) is -4.16. The minimum absolute atomic E-state index is 0.0702. The van der Waals surface area contributed by atoms with Gasteiger partial charge in [-0.2, -0.15) is 4.80 Å². The minimum atomic E-state index is -4.16. The van der Waals surface area contributed by atoms with E-state index in [4.69, 9.17) is 11.6 Å². The number of aromatic nitrogens is 4. The van der Waals surface area contributed by atoms with Crippen molar-refractivity contribution in [2.45, 2.75) is 45.2 Å². The van der Waals surface area contributed by atoms with Crippen molar-refractivity contribution in [2.24, 2.45) is 0 Å². The molecule has 0 bridgehead atoms. The zero-order chi connectivity index (χ0) is 26.0. The van der Waals surface area contributed by atoms with Crippen LogP contribution in [0.2, 0.25) is 5.02 Å². The number of anilines is 1. The van der Waals surface area contributed by atoms with Gasteiger partial charge in [0.2, 0.25) is 0 Å². The maximum Gasteiger partial charge on any atom is 0.264 e. The van der Waals surface area contributed by atoms with Crippen molar-refractivity contribution in [1.29, 1.82) is 0 Å². The maximum absolute atomic E-state index is 14.5. The average Bonchev–Trinajstić information content (AvgIpc) is 3.28. The molecule has 36 heavy (non-hydrogen) atoms. The molecule has 0 spiro atoms. The molecule has 0 aliphatic rings. The summed E-state index contributed by atoms with van der Waals surface area (Å²) in [5.74, 6) is -1.31. The van der Waals surface area contributed by atoms with Gasteiger partial charge in [-0.15, -0.1) is 10.2 Å². The Bertz CT molecular complexity index is 1480. The van der Waals surface area contributed by atoms with Crippen molar-refractivity contribution in [1.82, 2.24) is 20.2 Å². The molecule has 1 aromatic heterocycles. The maximum atomic E-state index is 14.5. The lowest BCUT2D eigenvalue weighted by atomic mass is 10.0. The first-order valence-electron chi connectivity index (χ1n) is 11.2. The van der Waals surface area contributed by atoms with Crippen LogP contribution in [0.5, 0.6) is 0 Å². The fourth-order valence-corrected chi connectivity index (χ4v) is 5.78. The van der Waals surface area contributed by atoms with Crippen LogP contribution in [0.4, 0.5) is 14.5 Å². The Hall–Kier alpha value is -3.37. The van der Waals surface area contributed by atoms with Crippen LogP contribution in [0.25, 0.3) is 0 Å². The number of nitrogens with zero attached hydrogens (tertiary/aromatic N) is 5. The van der Waals surface area contributed by atoms with Crippen molar-refractivity contribution < 1.29 is 17.2 Å². The summed E-state index contributed by atoms with van der Waals surface area (Å²) in [5, 5.41) is 12.4. The molecule has 0 atom stereocenters. The van der Waals surface area contributed by atoms with Gasteiger partial charge in [0.1, 0.15) is 11.6 Å². The van der Waals surface area contributed by atoms with Crippen molar-refractivity contribution >= 4 is 27.3 Å². The van der Waals surface area contributed by atoms with Gasteiger partial charge in [-0.1, -0.05) is 23.7 Å². The fourth-order valence-electron chi connectivity index (χ4n) is 3.94. The second-order valence-corrected chi connectivity index (χ2v) is 10.7. The summed E-state index contributed by atoms with van der Waals surface area (Å²) in [6.45, 7) is 5.65. The van der Waals surface area contributed by atoms with Crippen molar-refractivity contribution in [2.75, 3.05) is 4.31 Å². The van der Waals surface area contributed by atoms with Gasteiger partial charge in [0, 0.05) is 17.0 Å². The van der Waals surface area contributed by atoms with Crippen molar-refractivity contribution in [3.05, 3.63) is 99.3 Å². The normalized spacial score (nSPS) is 11.6. The second kappa shape index (κ2) is 10.3. The molecular weight excluding hydrogens is 508 g/mol. The second-order valence-electron chi connectivity index (χ2n) is 8.38. The average molecular weight is 532 g/mol. The van der Waals surface area contributed by atoms with E-state index in [0.29, 0.717) is 17.1 Å². The third-order valence-electron chi connectivity index (χ3n) is 5.58. The van der Waals surface area contributed by atoms with E-state index in [9.17, 15) is 17.2 Å². The van der Waals surface area contributed by atoms with E-state index in [-0.39, 0.29) is 34.9 Å². The molecule has 188 valence electrons. The number of hydrogen-bond donors (Lipinski definition) is 0. The molecule has 0 unspecified atom stereocenters. The van der Waals surface area contributed by atoms with Gasteiger partial charge >= 0.3 is 0 Å². The summed E-state index contributed by atoms with van der Waals surface area (Å²) < 4.78 is 58.2. The van der Waals surface area contributed by atoms with E-state index < -0.39 is 21.7 Å². The lowest BCUT2D eigenvalue weighted by Gasteiger charge is -2.26. The van der Waals surface area contributed by atoms with Crippen LogP contribution in [-0.2, 0) is 29.5 Å². The van der Waals surface area contributed by atoms with Gasteiger partial charge in [0.05, 0.1) is 23.7 Å². The Balaban J connectivity index is 1.89. The Kier molecular flexibility index (Phi) is 7.37. The fraction of sp³-hybridized carbons (Fsp3) is 0.240. The molecule has 0 saturated heterocycles. The standard InChI is InChI=1S/C25H24ClF2N5O2S/c1-4-33-30-25(29-31-33)15-32(36(34,35)20-11-16(2)10-17(3)12-20)24-9-8-19(26)13-18(24)14-21-22(27)6-5-7-23(21)28/h5-13H,4,14-15H2,1-3H3. The van der Waals surface area contributed by atoms with Crippen LogP contribution in [0.15, 0.2) is 59.5 Å². The molecule has 0 aliphatic carbocycles. The monoisotopic (exact) mass is 531 g/mol. The summed E-state index contributed by atoms with van der Waals surface area (Å²) in [6.07, 6.45) is -0.220. The molecule has 0 N–H and O–H groups in total. The molecule has 0 amide bonds. The van der Waals surface area contributed by atoms with E-state index in [1.807, 2.05) is 13.0 Å². The van der Waals surface area contributed by atoms with Gasteiger partial charge in [-0.3, -0.25) is 4.31 Å². The summed E-state index contributed by atoms with van der Waals surface area (Å²) in [5.41, 5.74) is 1.87. The molecule has 4 rings (SSSR count). The van der Waals surface area contributed by atoms with Crippen LogP contribution in [0, 0.1) is 25.5 Å². The highest BCUT2D eigenvalue weighted by molar-refractivity contribution is 7.92. The Morgan fingerprint density at radius 2 is 1.67 bits per heavy atom. The van der Waals surface area contributed by atoms with Gasteiger partial charge in [0.25, 0.3) is 10.0 Å². The van der Waals surface area contributed by atoms with E-state index in [1.165, 1.54) is 29.1 Å². The predicted octanol–water partition coefficient (Wildman–Crippen LogP) is 5.23. The van der Waals surface area contributed by atoms with E-state index in [0.717, 1.165) is 27.6 Å². The number of sulfonamides is 1. The van der Waals surface area contributed by atoms with E-state index in [1.54, 1.807) is 26.0 Å². The number of rotatable bonds is 8. The van der Waals surface area contributed by atoms with Crippen LogP contribution < -0.4 is 4.31 Å². The highest BCUT2D eigenvalue weighted by atomic mass is 35.5. The third kappa shape index (κ3) is 5.39. The molecule has 3 aromatic carbocycles. The van der Waals surface area contributed by atoms with E-state index >= 15 is 0 Å². The van der Waals surface area contributed by atoms with Crippen LogP contribution in [0.3, 0.4) is 0 Å². The van der Waals surface area contributed by atoms with Crippen LogP contribution in [0.1, 0.15) is 35.0 Å². The molecule has 0 saturated carbocycles. The van der Waals surface area contributed by atoms with Crippen LogP contribution in [-0.4, -0.2) is 28.6 Å². The number of hydrogen-bond acceptors (Lipinski definition) is 5. The first-order valence-corrected chi connectivity index (χ1v) is 13.0. The zero-order valence-electron chi connectivity index (χ0n) is 19.9. The van der Waals surface area contributed by atoms with Gasteiger partial charge < -0.3 is 0 Å². The highest BCUT2D eigenvalue weighted by Gasteiger charge is 2.29. The number of aryl methyl sites for hydroxylation is 3. The molecule has 0 aliphatic heterocycles. The summed E-state index contributed by atoms with van der Waals surface area (Å²) in [6, 6.07) is 13.1. The van der Waals surface area contributed by atoms with Gasteiger partial charge in [-0.05, 0) is 85.1 Å². The quantitative estimate of drug-likeness (QED) is 0.311. The van der Waals surface area contributed by atoms with Crippen molar-refractivity contribution in [3.8, 4) is 0 Å². The predicted molar refractivity (Wildman–Crippen MR) is 133 cm³/mol. The highest BCUT2D eigenvalue weighted by Crippen LogP contribution is 2.33. The third-order valence-corrected chi connectivity index (χ3v) is 7.56. The van der Waals surface area contributed by atoms with E-state index in [2.05, 4.69) is 15.4 Å². The number of halogens is 3. The first kappa shape index (κ1) is 25.7. The molecule has 0 fully saturated rings. The largest absolute Gasteiger partial charge is 0.264 e. The molecule has 11 heteroatoms. The summed E-state index contributed by atoms with van der Waals surface area (Å²) >= 11 is 6.23. The zero-order valence-corrected chi connectivity index (χ0v) is 21.5. The van der Waals surface area contributed by atoms with Gasteiger partial charge in [-0.25, -0.2) is 17.2 Å². The van der Waals surface area contributed by atoms with Gasteiger partial charge in [0.15, 0.2) is 5.82 Å². The minimum Gasteiger partial charge on any atom is -0.258 e.